The summed E-state index contributed by atoms with van der Waals surface area (Å²) in [5, 5.41) is 5.72. The van der Waals surface area contributed by atoms with Gasteiger partial charge in [0.15, 0.2) is 17.5 Å². The minimum Gasteiger partial charge on any atom is -0.455 e. The van der Waals surface area contributed by atoms with E-state index >= 15 is 0 Å². The molecule has 0 aliphatic carbocycles. The van der Waals surface area contributed by atoms with Crippen molar-refractivity contribution in [3.05, 3.63) is 194 Å². The Hall–Kier alpha value is -7.80. The molecule has 280 valence electrons. The van der Waals surface area contributed by atoms with E-state index < -0.39 is 0 Å². The zero-order valence-electron chi connectivity index (χ0n) is 32.1. The van der Waals surface area contributed by atoms with Crippen LogP contribution in [0.25, 0.3) is 121 Å². The fraction of sp³-hybridized carbons (Fsp3) is 0. The first kappa shape index (κ1) is 34.3. The van der Waals surface area contributed by atoms with E-state index in [9.17, 15) is 0 Å². The Morgan fingerprint density at radius 3 is 1.62 bits per heavy atom. The van der Waals surface area contributed by atoms with Crippen molar-refractivity contribution < 1.29 is 4.42 Å². The van der Waals surface area contributed by atoms with E-state index in [4.69, 9.17) is 24.4 Å². The van der Waals surface area contributed by atoms with E-state index in [0.717, 1.165) is 82.9 Å². The SMILES string of the molecule is c1ccc(-c2ccc(-c3nc(-c4ccccc4)nc(-c4ccc(-c5nc6ccc(-c7cccc8c7oc7ccccc78)cc6c6sc7ccccc7c56)cc4)n3)cc2)cc1. The van der Waals surface area contributed by atoms with Crippen LogP contribution in [0.1, 0.15) is 0 Å². The lowest BCUT2D eigenvalue weighted by Gasteiger charge is -2.11. The Morgan fingerprint density at radius 2 is 0.900 bits per heavy atom. The van der Waals surface area contributed by atoms with Crippen LogP contribution in [0.4, 0.5) is 0 Å². The van der Waals surface area contributed by atoms with Crippen LogP contribution in [0.2, 0.25) is 0 Å². The smallest absolute Gasteiger partial charge is 0.164 e. The number of aromatic nitrogens is 4. The molecule has 0 unspecified atom stereocenters. The van der Waals surface area contributed by atoms with Crippen molar-refractivity contribution in [3.8, 4) is 67.7 Å². The molecule has 0 fully saturated rings. The van der Waals surface area contributed by atoms with Gasteiger partial charge in [-0.05, 0) is 41.0 Å². The van der Waals surface area contributed by atoms with Gasteiger partial charge in [0.2, 0.25) is 0 Å². The summed E-state index contributed by atoms with van der Waals surface area (Å²) in [5.41, 5.74) is 12.0. The number of fused-ring (bicyclic) bond motifs is 8. The fourth-order valence-corrected chi connectivity index (χ4v) is 9.61. The molecule has 0 aliphatic rings. The number of rotatable bonds is 6. The maximum absolute atomic E-state index is 6.46. The molecule has 12 rings (SSSR count). The van der Waals surface area contributed by atoms with Gasteiger partial charge in [0.05, 0.1) is 11.2 Å². The molecule has 0 amide bonds. The second-order valence-corrected chi connectivity index (χ2v) is 16.0. The van der Waals surface area contributed by atoms with Crippen molar-refractivity contribution in [2.75, 3.05) is 0 Å². The number of thiophene rings is 1. The van der Waals surface area contributed by atoms with Crippen molar-refractivity contribution in [2.45, 2.75) is 0 Å². The molecule has 0 saturated heterocycles. The summed E-state index contributed by atoms with van der Waals surface area (Å²) in [7, 11) is 0. The van der Waals surface area contributed by atoms with E-state index in [0.29, 0.717) is 17.5 Å². The van der Waals surface area contributed by atoms with Crippen LogP contribution in [-0.4, -0.2) is 19.9 Å². The third kappa shape index (κ3) is 5.76. The van der Waals surface area contributed by atoms with E-state index in [-0.39, 0.29) is 0 Å². The van der Waals surface area contributed by atoms with Gasteiger partial charge in [0, 0.05) is 64.1 Å². The lowest BCUT2D eigenvalue weighted by molar-refractivity contribution is 0.670. The number of furan rings is 1. The van der Waals surface area contributed by atoms with Crippen molar-refractivity contribution in [2.24, 2.45) is 0 Å². The van der Waals surface area contributed by atoms with Gasteiger partial charge >= 0.3 is 0 Å². The molecule has 8 aromatic carbocycles. The summed E-state index contributed by atoms with van der Waals surface area (Å²) in [4.78, 5) is 20.4. The van der Waals surface area contributed by atoms with Gasteiger partial charge in [-0.15, -0.1) is 11.3 Å². The molecule has 0 aliphatic heterocycles. The molecule has 0 saturated carbocycles. The van der Waals surface area contributed by atoms with Crippen molar-refractivity contribution in [1.82, 2.24) is 19.9 Å². The third-order valence-corrected chi connectivity index (χ3v) is 12.6. The molecule has 60 heavy (non-hydrogen) atoms. The van der Waals surface area contributed by atoms with Crippen LogP contribution < -0.4 is 0 Å². The molecule has 0 atom stereocenters. The molecule has 0 radical (unpaired) electrons. The van der Waals surface area contributed by atoms with Crippen LogP contribution in [0, 0.1) is 0 Å². The summed E-state index contributed by atoms with van der Waals surface area (Å²) in [5.74, 6) is 1.87. The molecule has 0 bridgehead atoms. The average molecular weight is 785 g/mol. The van der Waals surface area contributed by atoms with E-state index in [2.05, 4.69) is 146 Å². The van der Waals surface area contributed by atoms with Crippen LogP contribution in [0.15, 0.2) is 199 Å². The van der Waals surface area contributed by atoms with Gasteiger partial charge in [-0.2, -0.15) is 0 Å². The molecule has 0 N–H and O–H groups in total. The number of para-hydroxylation sites is 2. The second-order valence-electron chi connectivity index (χ2n) is 15.0. The van der Waals surface area contributed by atoms with Crippen LogP contribution in [0.5, 0.6) is 0 Å². The van der Waals surface area contributed by atoms with Gasteiger partial charge < -0.3 is 4.42 Å². The maximum Gasteiger partial charge on any atom is 0.164 e. The Labute approximate surface area is 348 Å². The van der Waals surface area contributed by atoms with E-state index in [1.165, 1.54) is 20.3 Å². The maximum atomic E-state index is 6.46. The number of hydrogen-bond donors (Lipinski definition) is 0. The average Bonchev–Trinajstić information content (AvgIpc) is 3.91. The van der Waals surface area contributed by atoms with Crippen LogP contribution >= 0.6 is 11.3 Å². The molecule has 6 heteroatoms. The summed E-state index contributed by atoms with van der Waals surface area (Å²) in [6.45, 7) is 0. The Bertz CT molecular complexity index is 3580. The first-order chi connectivity index (χ1) is 29.7. The largest absolute Gasteiger partial charge is 0.455 e. The molecule has 4 aromatic heterocycles. The highest BCUT2D eigenvalue weighted by Gasteiger charge is 2.19. The van der Waals surface area contributed by atoms with Crippen molar-refractivity contribution in [1.29, 1.82) is 0 Å². The van der Waals surface area contributed by atoms with Crippen LogP contribution in [0.3, 0.4) is 0 Å². The number of benzene rings is 8. The minimum absolute atomic E-state index is 0.613. The minimum atomic E-state index is 0.613. The van der Waals surface area contributed by atoms with Gasteiger partial charge in [-0.3, -0.25) is 0 Å². The van der Waals surface area contributed by atoms with Crippen molar-refractivity contribution in [3.63, 3.8) is 0 Å². The lowest BCUT2D eigenvalue weighted by atomic mass is 9.98. The van der Waals surface area contributed by atoms with E-state index in [1.54, 1.807) is 0 Å². The zero-order chi connectivity index (χ0) is 39.6. The number of pyridine rings is 1. The fourth-order valence-electron chi connectivity index (χ4n) is 8.38. The second kappa shape index (κ2) is 13.9. The molecule has 5 nitrogen and oxygen atoms in total. The van der Waals surface area contributed by atoms with Gasteiger partial charge in [-0.1, -0.05) is 170 Å². The predicted octanol–water partition coefficient (Wildman–Crippen LogP) is 14.7. The standard InChI is InChI=1S/C54H32N4OS/c1-3-12-33(13-4-1)34-22-26-37(27-23-34)53-56-52(36-14-5-2-6-15-36)57-54(58-53)38-28-24-35(25-29-38)49-48-43-17-8-10-21-47(43)60-51(48)44-32-39(30-31-45(44)55-49)40-18-11-19-42-41-16-7-9-20-46(41)59-50(40)42/h1-32H. The van der Waals surface area contributed by atoms with Gasteiger partial charge in [0.25, 0.3) is 0 Å². The monoisotopic (exact) mass is 784 g/mol. The molecule has 4 heterocycles. The molecular weight excluding hydrogens is 753 g/mol. The van der Waals surface area contributed by atoms with Gasteiger partial charge in [0.1, 0.15) is 11.2 Å². The van der Waals surface area contributed by atoms with Crippen LogP contribution in [-0.2, 0) is 0 Å². The summed E-state index contributed by atoms with van der Waals surface area (Å²) in [6, 6.07) is 67.3. The number of nitrogens with zero attached hydrogens (tertiary/aromatic N) is 4. The molecule has 0 spiro atoms. The normalized spacial score (nSPS) is 11.7. The Morgan fingerprint density at radius 1 is 0.367 bits per heavy atom. The first-order valence-electron chi connectivity index (χ1n) is 20.0. The predicted molar refractivity (Wildman–Crippen MR) is 248 cm³/mol. The molecular formula is C54H32N4OS. The number of hydrogen-bond acceptors (Lipinski definition) is 6. The highest BCUT2D eigenvalue weighted by atomic mass is 32.1. The summed E-state index contributed by atoms with van der Waals surface area (Å²) in [6.07, 6.45) is 0. The highest BCUT2D eigenvalue weighted by Crippen LogP contribution is 2.45. The van der Waals surface area contributed by atoms with E-state index in [1.807, 2.05) is 59.9 Å². The first-order valence-corrected chi connectivity index (χ1v) is 20.8. The third-order valence-electron chi connectivity index (χ3n) is 11.4. The quantitative estimate of drug-likeness (QED) is 0.168. The zero-order valence-corrected chi connectivity index (χ0v) is 32.9. The van der Waals surface area contributed by atoms with Gasteiger partial charge in [-0.25, -0.2) is 19.9 Å². The topological polar surface area (TPSA) is 64.7 Å². The Balaban J connectivity index is 0.970. The summed E-state index contributed by atoms with van der Waals surface area (Å²) >= 11 is 1.82. The lowest BCUT2D eigenvalue weighted by Crippen LogP contribution is -2.00. The van der Waals surface area contributed by atoms with Crippen molar-refractivity contribution >= 4 is 64.4 Å². The molecule has 12 aromatic rings. The Kier molecular flexibility index (Phi) is 7.96. The highest BCUT2D eigenvalue weighted by molar-refractivity contribution is 7.26. The summed E-state index contributed by atoms with van der Waals surface area (Å²) < 4.78 is 8.90.